The van der Waals surface area contributed by atoms with Gasteiger partial charge in [0.05, 0.1) is 6.07 Å². The highest BCUT2D eigenvalue weighted by molar-refractivity contribution is 5.93. The number of hydrogen-bond donors (Lipinski definition) is 1. The monoisotopic (exact) mass is 257 g/mol. The van der Waals surface area contributed by atoms with E-state index in [0.717, 1.165) is 6.54 Å². The van der Waals surface area contributed by atoms with Crippen molar-refractivity contribution in [2.75, 3.05) is 27.2 Å². The lowest BCUT2D eigenvalue weighted by Gasteiger charge is -2.10. The fourth-order valence-electron chi connectivity index (χ4n) is 1.31. The highest BCUT2D eigenvalue weighted by Gasteiger charge is 2.16. The Balaban J connectivity index is 0.00000256. The number of likely N-dealkylation sites (N-methyl/N-ethyl adjacent to an activating group) is 1. The zero-order valence-corrected chi connectivity index (χ0v) is 10.9. The summed E-state index contributed by atoms with van der Waals surface area (Å²) in [7, 11) is 5.62. The molecule has 0 radical (unpaired) electrons. The number of diazo groups is 1. The maximum Gasteiger partial charge on any atom is 0.403 e. The molecule has 17 heavy (non-hydrogen) atoms. The fourth-order valence-corrected chi connectivity index (χ4v) is 1.31. The van der Waals surface area contributed by atoms with Gasteiger partial charge in [-0.3, -0.25) is 4.79 Å². The molecule has 1 rings (SSSR count). The molecule has 1 aromatic rings. The van der Waals surface area contributed by atoms with Gasteiger partial charge in [-0.15, -0.1) is 0 Å². The van der Waals surface area contributed by atoms with Gasteiger partial charge in [-0.2, -0.15) is 0 Å². The molecule has 1 heterocycles. The van der Waals surface area contributed by atoms with Crippen LogP contribution in [0.25, 0.3) is 4.98 Å². The third-order valence-corrected chi connectivity index (χ3v) is 2.18. The second-order valence-electron chi connectivity index (χ2n) is 3.85. The Bertz CT molecular complexity index is 421. The Morgan fingerprint density at radius 1 is 1.59 bits per heavy atom. The van der Waals surface area contributed by atoms with Crippen LogP contribution in [0.5, 0.6) is 0 Å². The Kier molecular flexibility index (Phi) is 6.25. The molecule has 6 nitrogen and oxygen atoms in total. The molecule has 0 aliphatic carbocycles. The molecule has 1 aromatic heterocycles. The minimum Gasteiger partial charge on any atom is -1.00 e. The number of aryl methyl sites for hydroxylation is 1. The topological polar surface area (TPSA) is 65.4 Å². The van der Waals surface area contributed by atoms with E-state index in [0.29, 0.717) is 17.9 Å². The van der Waals surface area contributed by atoms with Crippen LogP contribution in [0.3, 0.4) is 0 Å². The van der Waals surface area contributed by atoms with Gasteiger partial charge in [0.2, 0.25) is 5.39 Å². The van der Waals surface area contributed by atoms with Crippen molar-refractivity contribution in [1.82, 2.24) is 14.8 Å². The van der Waals surface area contributed by atoms with Crippen LogP contribution in [0.4, 0.5) is 5.69 Å². The molecule has 0 spiro atoms. The minimum atomic E-state index is -0.167. The predicted octanol–water partition coefficient (Wildman–Crippen LogP) is -2.19. The highest BCUT2D eigenvalue weighted by Crippen LogP contribution is 2.15. The Hall–Kier alpha value is -1.58. The van der Waals surface area contributed by atoms with E-state index in [1.165, 1.54) is 6.07 Å². The van der Waals surface area contributed by atoms with Crippen LogP contribution in [-0.4, -0.2) is 42.6 Å². The maximum atomic E-state index is 11.7. The predicted molar refractivity (Wildman–Crippen MR) is 61.0 cm³/mol. The lowest BCUT2D eigenvalue weighted by Crippen LogP contribution is -3.00. The first-order valence-electron chi connectivity index (χ1n) is 4.99. The molecular weight excluding hydrogens is 242 g/mol. The molecule has 0 fully saturated rings. The summed E-state index contributed by atoms with van der Waals surface area (Å²) in [5.41, 5.74) is 0.854. The summed E-state index contributed by atoms with van der Waals surface area (Å²) in [6.07, 6.45) is 1.58. The van der Waals surface area contributed by atoms with Gasteiger partial charge in [-0.1, -0.05) is 0 Å². The minimum absolute atomic E-state index is 0. The largest absolute Gasteiger partial charge is 1.00 e. The summed E-state index contributed by atoms with van der Waals surface area (Å²) >= 11 is 0. The van der Waals surface area contributed by atoms with Gasteiger partial charge in [0, 0.05) is 20.1 Å². The van der Waals surface area contributed by atoms with Crippen molar-refractivity contribution in [2.45, 2.75) is 0 Å². The first-order valence-corrected chi connectivity index (χ1v) is 4.99. The molecule has 0 aliphatic rings. The number of amides is 1. The smallest absolute Gasteiger partial charge is 0.403 e. The van der Waals surface area contributed by atoms with Crippen LogP contribution in [0.15, 0.2) is 12.3 Å². The Morgan fingerprint density at radius 3 is 2.71 bits per heavy atom. The third-order valence-electron chi connectivity index (χ3n) is 2.18. The van der Waals surface area contributed by atoms with Crippen molar-refractivity contribution in [3.05, 3.63) is 22.9 Å². The molecule has 0 saturated carbocycles. The molecule has 94 valence electrons. The number of hydrogen-bond acceptors (Lipinski definition) is 3. The molecule has 0 unspecified atom stereocenters. The Morgan fingerprint density at radius 2 is 2.24 bits per heavy atom. The number of carbonyl (C=O) groups is 1. The van der Waals surface area contributed by atoms with E-state index in [-0.39, 0.29) is 18.3 Å². The van der Waals surface area contributed by atoms with E-state index < -0.39 is 0 Å². The quantitative estimate of drug-likeness (QED) is 0.623. The summed E-state index contributed by atoms with van der Waals surface area (Å²) in [6, 6.07) is 1.53. The van der Waals surface area contributed by atoms with Crippen LogP contribution in [0.2, 0.25) is 0 Å². The molecule has 1 amide bonds. The van der Waals surface area contributed by atoms with Crippen molar-refractivity contribution in [3.8, 4) is 0 Å². The normalized spacial score (nSPS) is 9.59. The van der Waals surface area contributed by atoms with Crippen LogP contribution in [-0.2, 0) is 7.05 Å². The molecule has 0 saturated heterocycles. The van der Waals surface area contributed by atoms with Gasteiger partial charge in [-0.05, 0) is 14.1 Å². The SMILES string of the molecule is CN(C)CCNC(=O)c1cc([N+]#N)cn1C.[Cl-]. The van der Waals surface area contributed by atoms with Gasteiger partial charge in [0.25, 0.3) is 5.91 Å². The molecular formula is C10H16ClN5O. The summed E-state index contributed by atoms with van der Waals surface area (Å²) in [5.74, 6) is -0.167. The highest BCUT2D eigenvalue weighted by atomic mass is 35.5. The average Bonchev–Trinajstić information content (AvgIpc) is 2.59. The first kappa shape index (κ1) is 15.4. The van der Waals surface area contributed by atoms with E-state index >= 15 is 0 Å². The maximum absolute atomic E-state index is 11.7. The molecule has 1 N–H and O–H groups in total. The lowest BCUT2D eigenvalue weighted by molar-refractivity contribution is -0.0000123. The van der Waals surface area contributed by atoms with Crippen molar-refractivity contribution in [2.24, 2.45) is 7.05 Å². The number of halogens is 1. The van der Waals surface area contributed by atoms with Crippen molar-refractivity contribution in [3.63, 3.8) is 0 Å². The molecule has 0 bridgehead atoms. The van der Waals surface area contributed by atoms with E-state index in [4.69, 9.17) is 5.39 Å². The van der Waals surface area contributed by atoms with Crippen molar-refractivity contribution >= 4 is 11.6 Å². The van der Waals surface area contributed by atoms with Gasteiger partial charge >= 0.3 is 5.69 Å². The lowest BCUT2D eigenvalue weighted by atomic mass is 10.4. The fraction of sp³-hybridized carbons (Fsp3) is 0.500. The van der Waals surface area contributed by atoms with E-state index in [2.05, 4.69) is 10.3 Å². The Labute approximate surface area is 107 Å². The van der Waals surface area contributed by atoms with Gasteiger partial charge < -0.3 is 27.2 Å². The van der Waals surface area contributed by atoms with Crippen LogP contribution in [0.1, 0.15) is 10.5 Å². The number of nitrogens with one attached hydrogen (secondary N) is 1. The average molecular weight is 258 g/mol. The second-order valence-corrected chi connectivity index (χ2v) is 3.85. The second kappa shape index (κ2) is 6.89. The molecule has 0 aliphatic heterocycles. The molecule has 0 aromatic carbocycles. The third kappa shape index (κ3) is 4.43. The van der Waals surface area contributed by atoms with Gasteiger partial charge in [-0.25, -0.2) is 0 Å². The first-order chi connectivity index (χ1) is 7.54. The summed E-state index contributed by atoms with van der Waals surface area (Å²) in [5, 5.41) is 11.4. The number of aromatic nitrogens is 1. The zero-order chi connectivity index (χ0) is 12.1. The van der Waals surface area contributed by atoms with E-state index in [1.807, 2.05) is 19.0 Å². The standard InChI is InChI=1S/C10H15N5O.ClH/c1-14(2)5-4-12-10(16)9-6-8(13-11)7-15(9)3;/h6-7H,4-5H2,1-3H3;1H. The van der Waals surface area contributed by atoms with Gasteiger partial charge in [0.15, 0.2) is 4.98 Å². The number of carbonyl (C=O) groups excluding carboxylic acids is 1. The number of rotatable bonds is 4. The van der Waals surface area contributed by atoms with E-state index in [1.54, 1.807) is 17.8 Å². The molecule has 0 atom stereocenters. The summed E-state index contributed by atoms with van der Waals surface area (Å²) < 4.78 is 1.63. The summed E-state index contributed by atoms with van der Waals surface area (Å²) in [6.45, 7) is 1.37. The van der Waals surface area contributed by atoms with Crippen LogP contribution in [0, 0.1) is 5.39 Å². The van der Waals surface area contributed by atoms with Gasteiger partial charge in [0.1, 0.15) is 11.9 Å². The summed E-state index contributed by atoms with van der Waals surface area (Å²) in [4.78, 5) is 16.7. The molecule has 7 heteroatoms. The zero-order valence-electron chi connectivity index (χ0n) is 10.1. The number of nitrogens with zero attached hydrogens (tertiary/aromatic N) is 4. The van der Waals surface area contributed by atoms with Crippen molar-refractivity contribution in [1.29, 1.82) is 5.39 Å². The van der Waals surface area contributed by atoms with Crippen LogP contribution < -0.4 is 17.7 Å². The van der Waals surface area contributed by atoms with Crippen LogP contribution >= 0.6 is 0 Å². The van der Waals surface area contributed by atoms with Crippen molar-refractivity contribution < 1.29 is 17.2 Å². The van der Waals surface area contributed by atoms with E-state index in [9.17, 15) is 4.79 Å².